The molecule has 4 heterocycles. The average Bonchev–Trinajstić information content (AvgIpc) is 3.14. The molecule has 1 amide bonds. The van der Waals surface area contributed by atoms with Crippen LogP contribution >= 0.6 is 0 Å². The Kier molecular flexibility index (Phi) is 5.04. The lowest BCUT2D eigenvalue weighted by molar-refractivity contribution is 0.0829. The summed E-state index contributed by atoms with van der Waals surface area (Å²) in [5.74, 6) is -0.444. The molecule has 1 atom stereocenters. The molecule has 0 saturated carbocycles. The number of aromatic nitrogens is 4. The molecule has 0 radical (unpaired) electrons. The van der Waals surface area contributed by atoms with Gasteiger partial charge in [-0.05, 0) is 37.6 Å². The second kappa shape index (κ2) is 7.63. The Labute approximate surface area is 162 Å². The van der Waals surface area contributed by atoms with Crippen molar-refractivity contribution in [1.82, 2.24) is 29.4 Å². The van der Waals surface area contributed by atoms with Gasteiger partial charge in [-0.25, -0.2) is 13.9 Å². The molecule has 28 heavy (non-hydrogen) atoms. The molecule has 7 nitrogen and oxygen atoms in total. The number of hydrogen-bond acceptors (Lipinski definition) is 5. The topological polar surface area (TPSA) is 66.6 Å². The van der Waals surface area contributed by atoms with E-state index in [1.165, 1.54) is 17.2 Å². The van der Waals surface area contributed by atoms with E-state index >= 15 is 0 Å². The lowest BCUT2D eigenvalue weighted by atomic mass is 9.98. The van der Waals surface area contributed by atoms with Crippen LogP contribution in [0.15, 0.2) is 36.8 Å². The van der Waals surface area contributed by atoms with Gasteiger partial charge in [-0.1, -0.05) is 6.42 Å². The summed E-state index contributed by atoms with van der Waals surface area (Å²) >= 11 is 0. The van der Waals surface area contributed by atoms with Crippen LogP contribution in [-0.4, -0.2) is 55.9 Å². The van der Waals surface area contributed by atoms with E-state index < -0.39 is 0 Å². The highest BCUT2D eigenvalue weighted by molar-refractivity contribution is 5.99. The van der Waals surface area contributed by atoms with Gasteiger partial charge >= 0.3 is 0 Å². The molecule has 0 N–H and O–H groups in total. The largest absolute Gasteiger partial charge is 0.345 e. The molecule has 4 rings (SSSR count). The second-order valence-electron chi connectivity index (χ2n) is 7.31. The number of piperidine rings is 1. The van der Waals surface area contributed by atoms with Crippen LogP contribution in [0.4, 0.5) is 4.39 Å². The summed E-state index contributed by atoms with van der Waals surface area (Å²) in [4.78, 5) is 24.9. The summed E-state index contributed by atoms with van der Waals surface area (Å²) in [6.45, 7) is 1.57. The minimum atomic E-state index is -0.329. The lowest BCUT2D eigenvalue weighted by Crippen LogP contribution is -2.34. The van der Waals surface area contributed by atoms with Crippen molar-refractivity contribution in [2.75, 3.05) is 20.6 Å². The minimum absolute atomic E-state index is 0.115. The van der Waals surface area contributed by atoms with Crippen molar-refractivity contribution in [2.45, 2.75) is 31.8 Å². The van der Waals surface area contributed by atoms with Gasteiger partial charge in [0.05, 0.1) is 29.8 Å². The summed E-state index contributed by atoms with van der Waals surface area (Å²) in [5, 5.41) is 4.47. The number of nitrogens with zero attached hydrogens (tertiary/aromatic N) is 6. The maximum absolute atomic E-state index is 13.2. The molecule has 1 aliphatic heterocycles. The number of pyridine rings is 1. The molecule has 1 saturated heterocycles. The highest BCUT2D eigenvalue weighted by Crippen LogP contribution is 2.32. The van der Waals surface area contributed by atoms with E-state index in [1.54, 1.807) is 37.1 Å². The summed E-state index contributed by atoms with van der Waals surface area (Å²) < 4.78 is 15.0. The number of likely N-dealkylation sites (tertiary alicyclic amines) is 1. The summed E-state index contributed by atoms with van der Waals surface area (Å²) in [6, 6.07) is 5.27. The van der Waals surface area contributed by atoms with Crippen molar-refractivity contribution in [3.05, 3.63) is 59.6 Å². The molecule has 8 heteroatoms. The van der Waals surface area contributed by atoms with Crippen LogP contribution in [0.3, 0.4) is 0 Å². The Morgan fingerprint density at radius 2 is 2.07 bits per heavy atom. The van der Waals surface area contributed by atoms with Crippen LogP contribution in [0.25, 0.3) is 5.65 Å². The fourth-order valence-corrected chi connectivity index (χ4v) is 3.78. The third-order valence-electron chi connectivity index (χ3n) is 5.18. The molecule has 1 aliphatic rings. The van der Waals surface area contributed by atoms with E-state index in [0.29, 0.717) is 17.8 Å². The van der Waals surface area contributed by atoms with Crippen molar-refractivity contribution >= 4 is 11.6 Å². The maximum atomic E-state index is 13.2. The van der Waals surface area contributed by atoms with Gasteiger partial charge in [-0.2, -0.15) is 5.10 Å². The number of hydrogen-bond donors (Lipinski definition) is 0. The van der Waals surface area contributed by atoms with Gasteiger partial charge in [0, 0.05) is 26.8 Å². The van der Waals surface area contributed by atoms with Crippen molar-refractivity contribution in [3.8, 4) is 0 Å². The summed E-state index contributed by atoms with van der Waals surface area (Å²) in [5.41, 5.74) is 2.91. The Morgan fingerprint density at radius 3 is 2.82 bits per heavy atom. The average molecular weight is 382 g/mol. The molecule has 0 aliphatic carbocycles. The monoisotopic (exact) mass is 382 g/mol. The van der Waals surface area contributed by atoms with Crippen LogP contribution in [0.1, 0.15) is 47.1 Å². The van der Waals surface area contributed by atoms with Gasteiger partial charge in [0.25, 0.3) is 5.91 Å². The Bertz CT molecular complexity index is 984. The smallest absolute Gasteiger partial charge is 0.258 e. The predicted octanol–water partition coefficient (Wildman–Crippen LogP) is 2.69. The van der Waals surface area contributed by atoms with E-state index in [9.17, 15) is 9.18 Å². The molecule has 3 aromatic rings. The number of halogens is 1. The zero-order chi connectivity index (χ0) is 19.7. The van der Waals surface area contributed by atoms with Gasteiger partial charge in [0.2, 0.25) is 0 Å². The molecule has 0 bridgehead atoms. The number of fused-ring (bicyclic) bond motifs is 1. The predicted molar refractivity (Wildman–Crippen MR) is 102 cm³/mol. The highest BCUT2D eigenvalue weighted by atomic mass is 19.1. The van der Waals surface area contributed by atoms with Crippen LogP contribution in [0.2, 0.25) is 0 Å². The first-order valence-corrected chi connectivity index (χ1v) is 9.43. The Hall–Kier alpha value is -2.87. The summed E-state index contributed by atoms with van der Waals surface area (Å²) in [6.07, 6.45) is 7.79. The van der Waals surface area contributed by atoms with Gasteiger partial charge in [-0.15, -0.1) is 0 Å². The molecule has 0 spiro atoms. The highest BCUT2D eigenvalue weighted by Gasteiger charge is 2.28. The van der Waals surface area contributed by atoms with Crippen LogP contribution in [-0.2, 0) is 6.54 Å². The first kappa shape index (κ1) is 18.5. The number of rotatable bonds is 4. The van der Waals surface area contributed by atoms with Crippen molar-refractivity contribution < 1.29 is 9.18 Å². The van der Waals surface area contributed by atoms with E-state index in [-0.39, 0.29) is 17.8 Å². The number of amides is 1. The fraction of sp³-hybridized carbons (Fsp3) is 0.400. The Balaban J connectivity index is 1.68. The van der Waals surface area contributed by atoms with Gasteiger partial charge in [0.15, 0.2) is 5.65 Å². The zero-order valence-electron chi connectivity index (χ0n) is 16.0. The second-order valence-corrected chi connectivity index (χ2v) is 7.31. The minimum Gasteiger partial charge on any atom is -0.345 e. The van der Waals surface area contributed by atoms with E-state index in [4.69, 9.17) is 0 Å². The normalized spacial score (nSPS) is 17.8. The van der Waals surface area contributed by atoms with Crippen molar-refractivity contribution in [2.24, 2.45) is 0 Å². The van der Waals surface area contributed by atoms with Crippen LogP contribution < -0.4 is 0 Å². The van der Waals surface area contributed by atoms with Crippen LogP contribution in [0.5, 0.6) is 0 Å². The Morgan fingerprint density at radius 1 is 1.21 bits per heavy atom. The lowest BCUT2D eigenvalue weighted by Gasteiger charge is -2.35. The molecule has 3 aromatic heterocycles. The van der Waals surface area contributed by atoms with Gasteiger partial charge in [0.1, 0.15) is 11.4 Å². The third-order valence-corrected chi connectivity index (χ3v) is 5.18. The van der Waals surface area contributed by atoms with Gasteiger partial charge < -0.3 is 4.90 Å². The van der Waals surface area contributed by atoms with Gasteiger partial charge in [-0.3, -0.25) is 14.7 Å². The molecule has 1 fully saturated rings. The zero-order valence-corrected chi connectivity index (χ0v) is 16.0. The van der Waals surface area contributed by atoms with Crippen LogP contribution in [0, 0.1) is 5.82 Å². The van der Waals surface area contributed by atoms with E-state index in [1.807, 2.05) is 6.07 Å². The summed E-state index contributed by atoms with van der Waals surface area (Å²) in [7, 11) is 3.43. The van der Waals surface area contributed by atoms with E-state index in [2.05, 4.69) is 20.0 Å². The number of carbonyl (C=O) groups is 1. The van der Waals surface area contributed by atoms with Crippen molar-refractivity contribution in [1.29, 1.82) is 0 Å². The molecule has 0 aromatic carbocycles. The van der Waals surface area contributed by atoms with E-state index in [0.717, 1.165) is 37.2 Å². The standard InChI is InChI=1S/C20H23FN6O/c1-25(2)20(28)16-12-24-27-18(8-9-22-19(16)27)17-5-3-4-10-26(17)13-15-7-6-14(21)11-23-15/h6-9,11-12,17H,3-5,10,13H2,1-2H3. The first-order chi connectivity index (χ1) is 13.5. The maximum Gasteiger partial charge on any atom is 0.258 e. The fourth-order valence-electron chi connectivity index (χ4n) is 3.78. The molecule has 146 valence electrons. The van der Waals surface area contributed by atoms with Crippen molar-refractivity contribution in [3.63, 3.8) is 0 Å². The third kappa shape index (κ3) is 3.47. The first-order valence-electron chi connectivity index (χ1n) is 9.43. The molecular weight excluding hydrogens is 359 g/mol. The molecule has 1 unspecified atom stereocenters. The SMILES string of the molecule is CN(C)C(=O)c1cnn2c(C3CCCCN3Cc3ccc(F)cn3)ccnc12. The molecular formula is C20H23FN6O. The quantitative estimate of drug-likeness (QED) is 0.694. The number of carbonyl (C=O) groups excluding carboxylic acids is 1.